The fourth-order valence-corrected chi connectivity index (χ4v) is 4.01. The average molecular weight is 494 g/mol. The van der Waals surface area contributed by atoms with Crippen molar-refractivity contribution in [3.05, 3.63) is 126 Å². The van der Waals surface area contributed by atoms with Crippen LogP contribution in [0, 0.1) is 0 Å². The molecule has 8 heteroatoms. The van der Waals surface area contributed by atoms with E-state index in [-0.39, 0.29) is 52.6 Å². The third-order valence-corrected chi connectivity index (χ3v) is 5.70. The zero-order valence-corrected chi connectivity index (χ0v) is 21.8. The van der Waals surface area contributed by atoms with Gasteiger partial charge in [0.15, 0.2) is 5.78 Å². The number of carbonyl (C=O) groups is 1. The number of hydrogen-bond donors (Lipinski definition) is 1. The number of para-hydroxylation sites is 1. The SMILES string of the molecule is O=C(C(=Cc1ccccc1)c1ccc(O)cc1)c1ccc(OP(=O)([O-])Oc2ccccc2)cc1.[Na+]. The summed E-state index contributed by atoms with van der Waals surface area (Å²) in [6.07, 6.45) is 1.76. The molecule has 0 aliphatic heterocycles. The van der Waals surface area contributed by atoms with Crippen LogP contribution in [-0.4, -0.2) is 10.9 Å². The monoisotopic (exact) mass is 494 g/mol. The number of carbonyl (C=O) groups excluding carboxylic acids is 1. The normalized spacial score (nSPS) is 12.7. The minimum atomic E-state index is -4.66. The molecule has 4 aromatic carbocycles. The molecule has 35 heavy (non-hydrogen) atoms. The molecule has 1 unspecified atom stereocenters. The summed E-state index contributed by atoms with van der Waals surface area (Å²) in [6, 6.07) is 29.5. The van der Waals surface area contributed by atoms with Crippen LogP contribution in [0.1, 0.15) is 21.5 Å². The van der Waals surface area contributed by atoms with Gasteiger partial charge in [-0.25, -0.2) is 4.57 Å². The third-order valence-electron chi connectivity index (χ3n) is 4.83. The van der Waals surface area contributed by atoms with Crippen LogP contribution in [0.2, 0.25) is 0 Å². The van der Waals surface area contributed by atoms with E-state index >= 15 is 0 Å². The molecular formula is C27H20NaO6P. The minimum absolute atomic E-state index is 0. The quantitative estimate of drug-likeness (QED) is 0.133. The second-order valence-electron chi connectivity index (χ2n) is 7.31. The van der Waals surface area contributed by atoms with Gasteiger partial charge in [-0.3, -0.25) is 4.79 Å². The van der Waals surface area contributed by atoms with E-state index in [0.717, 1.165) is 5.56 Å². The van der Waals surface area contributed by atoms with Gasteiger partial charge < -0.3 is 19.0 Å². The van der Waals surface area contributed by atoms with E-state index in [9.17, 15) is 19.4 Å². The van der Waals surface area contributed by atoms with E-state index in [1.807, 2.05) is 30.3 Å². The summed E-state index contributed by atoms with van der Waals surface area (Å²) in [5, 5.41) is 9.62. The summed E-state index contributed by atoms with van der Waals surface area (Å²) in [4.78, 5) is 25.6. The van der Waals surface area contributed by atoms with Gasteiger partial charge in [0.1, 0.15) is 17.2 Å². The standard InChI is InChI=1S/C27H21O6P.Na/c28-23-15-11-21(12-16-23)26(19-20-7-3-1-4-8-20)27(29)22-13-17-25(18-14-22)33-34(30,31)32-24-9-5-2-6-10-24;/h1-19,28H,(H,30,31);/q;+1/p-1. The van der Waals surface area contributed by atoms with Crippen LogP contribution in [0.4, 0.5) is 0 Å². The van der Waals surface area contributed by atoms with Gasteiger partial charge in [-0.2, -0.15) is 0 Å². The molecule has 0 saturated carbocycles. The number of rotatable bonds is 8. The molecule has 4 aromatic rings. The van der Waals surface area contributed by atoms with Crippen molar-refractivity contribution < 1.29 is 58.0 Å². The summed E-state index contributed by atoms with van der Waals surface area (Å²) in [6.45, 7) is 0. The Hall–Kier alpha value is -3.12. The van der Waals surface area contributed by atoms with Crippen molar-refractivity contribution in [2.45, 2.75) is 0 Å². The van der Waals surface area contributed by atoms with Crippen molar-refractivity contribution in [2.75, 3.05) is 0 Å². The van der Waals surface area contributed by atoms with Gasteiger partial charge >= 0.3 is 37.4 Å². The summed E-state index contributed by atoms with van der Waals surface area (Å²) in [5.74, 6) is -0.0234. The number of phosphoric acid groups is 1. The predicted octanol–water partition coefficient (Wildman–Crippen LogP) is 2.75. The number of hydrogen-bond acceptors (Lipinski definition) is 6. The maximum atomic E-state index is 13.4. The first-order valence-corrected chi connectivity index (χ1v) is 11.8. The Labute approximate surface area is 225 Å². The number of phosphoric ester groups is 1. The average Bonchev–Trinajstić information content (AvgIpc) is 2.84. The van der Waals surface area contributed by atoms with Gasteiger partial charge in [-0.1, -0.05) is 60.7 Å². The van der Waals surface area contributed by atoms with Gasteiger partial charge in [-0.05, 0) is 65.7 Å². The van der Waals surface area contributed by atoms with Crippen molar-refractivity contribution in [2.24, 2.45) is 0 Å². The van der Waals surface area contributed by atoms with Crippen LogP contribution in [0.15, 0.2) is 109 Å². The molecule has 4 rings (SSSR count). The Bertz CT molecular complexity index is 1340. The second kappa shape index (κ2) is 12.0. The molecule has 1 atom stereocenters. The zero-order valence-electron chi connectivity index (χ0n) is 18.9. The second-order valence-corrected chi connectivity index (χ2v) is 8.57. The molecule has 0 amide bonds. The number of allylic oxidation sites excluding steroid dienone is 1. The minimum Gasteiger partial charge on any atom is -0.736 e. The molecular weight excluding hydrogens is 474 g/mol. The van der Waals surface area contributed by atoms with E-state index in [1.165, 1.54) is 48.5 Å². The molecule has 0 bridgehead atoms. The maximum Gasteiger partial charge on any atom is 1.00 e. The summed E-state index contributed by atoms with van der Waals surface area (Å²) in [5.41, 5.74) is 2.23. The number of phenolic OH excluding ortho intramolecular Hbond substituents is 1. The fourth-order valence-electron chi connectivity index (χ4n) is 3.22. The van der Waals surface area contributed by atoms with Crippen LogP contribution in [0.5, 0.6) is 17.2 Å². The molecule has 170 valence electrons. The van der Waals surface area contributed by atoms with E-state index in [0.29, 0.717) is 16.7 Å². The predicted molar refractivity (Wildman–Crippen MR) is 128 cm³/mol. The largest absolute Gasteiger partial charge is 1.00 e. The first-order chi connectivity index (χ1) is 16.4. The molecule has 6 nitrogen and oxygen atoms in total. The van der Waals surface area contributed by atoms with Crippen LogP contribution in [0.3, 0.4) is 0 Å². The van der Waals surface area contributed by atoms with Gasteiger partial charge in [0, 0.05) is 11.1 Å². The van der Waals surface area contributed by atoms with E-state index < -0.39 is 7.82 Å². The summed E-state index contributed by atoms with van der Waals surface area (Å²) < 4.78 is 22.2. The van der Waals surface area contributed by atoms with E-state index in [2.05, 4.69) is 0 Å². The number of aromatic hydroxyl groups is 1. The van der Waals surface area contributed by atoms with Gasteiger partial charge in [0.2, 0.25) is 0 Å². The van der Waals surface area contributed by atoms with Gasteiger partial charge in [0.05, 0.1) is 0 Å². The molecule has 0 aliphatic rings. The Kier molecular flexibility index (Phi) is 9.10. The topological polar surface area (TPSA) is 95.9 Å². The summed E-state index contributed by atoms with van der Waals surface area (Å²) in [7, 11) is -4.66. The van der Waals surface area contributed by atoms with Crippen LogP contribution in [0.25, 0.3) is 11.6 Å². The Balaban J connectivity index is 0.00000342. The van der Waals surface area contributed by atoms with Gasteiger partial charge in [0.25, 0.3) is 0 Å². The molecule has 1 N–H and O–H groups in total. The molecule has 0 aromatic heterocycles. The third kappa shape index (κ3) is 7.43. The molecule has 0 heterocycles. The first kappa shape index (κ1) is 26.5. The molecule has 0 saturated heterocycles. The van der Waals surface area contributed by atoms with E-state index in [4.69, 9.17) is 9.05 Å². The number of benzene rings is 4. The van der Waals surface area contributed by atoms with Crippen molar-refractivity contribution in [3.63, 3.8) is 0 Å². The first-order valence-electron chi connectivity index (χ1n) is 10.4. The van der Waals surface area contributed by atoms with Crippen molar-refractivity contribution >= 4 is 25.3 Å². The number of ketones is 1. The Morgan fingerprint density at radius 3 is 1.77 bits per heavy atom. The zero-order chi connectivity index (χ0) is 24.0. The van der Waals surface area contributed by atoms with E-state index in [1.54, 1.807) is 36.4 Å². The molecule has 0 spiro atoms. The smallest absolute Gasteiger partial charge is 0.736 e. The summed E-state index contributed by atoms with van der Waals surface area (Å²) >= 11 is 0. The molecule has 0 radical (unpaired) electrons. The van der Waals surface area contributed by atoms with Crippen molar-refractivity contribution in [3.8, 4) is 17.2 Å². The Morgan fingerprint density at radius 2 is 1.20 bits per heavy atom. The maximum absolute atomic E-state index is 13.4. The number of Topliss-reactive ketones (excluding diaryl/α,β-unsaturated/α-hetero) is 1. The van der Waals surface area contributed by atoms with Crippen LogP contribution in [-0.2, 0) is 4.57 Å². The molecule has 0 aliphatic carbocycles. The van der Waals surface area contributed by atoms with Crippen molar-refractivity contribution in [1.82, 2.24) is 0 Å². The Morgan fingerprint density at radius 1 is 0.714 bits per heavy atom. The van der Waals surface area contributed by atoms with Crippen molar-refractivity contribution in [1.29, 1.82) is 0 Å². The molecule has 0 fully saturated rings. The fraction of sp³-hybridized carbons (Fsp3) is 0. The van der Waals surface area contributed by atoms with Gasteiger partial charge in [-0.15, -0.1) is 0 Å². The van der Waals surface area contributed by atoms with Crippen LogP contribution >= 0.6 is 7.82 Å². The number of phenols is 1. The van der Waals surface area contributed by atoms with Crippen LogP contribution < -0.4 is 43.5 Å².